The van der Waals surface area contributed by atoms with Gasteiger partial charge in [0.15, 0.2) is 0 Å². The second kappa shape index (κ2) is 4.92. The van der Waals surface area contributed by atoms with Crippen molar-refractivity contribution in [3.05, 3.63) is 23.9 Å². The molecule has 18 heavy (non-hydrogen) atoms. The second-order valence-corrected chi connectivity index (χ2v) is 6.42. The van der Waals surface area contributed by atoms with E-state index in [1.165, 1.54) is 25.7 Å². The van der Waals surface area contributed by atoms with Gasteiger partial charge in [-0.05, 0) is 49.1 Å². The molecule has 0 amide bonds. The number of hydrogen-bond donors (Lipinski definition) is 1. The van der Waals surface area contributed by atoms with Crippen LogP contribution in [0.3, 0.4) is 0 Å². The van der Waals surface area contributed by atoms with E-state index < -0.39 is 5.97 Å². The summed E-state index contributed by atoms with van der Waals surface area (Å²) in [6.07, 6.45) is 7.21. The molecule has 1 heterocycles. The molecule has 3 unspecified atom stereocenters. The van der Waals surface area contributed by atoms with Gasteiger partial charge in [0.25, 0.3) is 0 Å². The topological polar surface area (TPSA) is 50.2 Å². The first-order valence-electron chi connectivity index (χ1n) is 6.55. The van der Waals surface area contributed by atoms with Crippen LogP contribution in [0.15, 0.2) is 23.4 Å². The minimum Gasteiger partial charge on any atom is -0.478 e. The minimum absolute atomic E-state index is 0.339. The van der Waals surface area contributed by atoms with Crippen molar-refractivity contribution >= 4 is 17.7 Å². The molecule has 4 heteroatoms. The van der Waals surface area contributed by atoms with Crippen LogP contribution in [-0.4, -0.2) is 21.8 Å². The lowest BCUT2D eigenvalue weighted by Crippen LogP contribution is -2.13. The number of nitrogens with zero attached hydrogens (tertiary/aromatic N) is 1. The number of pyridine rings is 1. The molecule has 0 radical (unpaired) electrons. The van der Waals surface area contributed by atoms with E-state index in [4.69, 9.17) is 5.11 Å². The first-order valence-corrected chi connectivity index (χ1v) is 7.53. The molecule has 2 bridgehead atoms. The van der Waals surface area contributed by atoms with Gasteiger partial charge in [0, 0.05) is 11.9 Å². The predicted octanol–water partition coefficient (Wildman–Crippen LogP) is 3.31. The van der Waals surface area contributed by atoms with Crippen molar-refractivity contribution in [1.29, 1.82) is 0 Å². The van der Waals surface area contributed by atoms with E-state index in [1.54, 1.807) is 30.1 Å². The largest absolute Gasteiger partial charge is 0.478 e. The summed E-state index contributed by atoms with van der Waals surface area (Å²) in [4.78, 5) is 15.3. The van der Waals surface area contributed by atoms with Crippen LogP contribution < -0.4 is 0 Å². The number of aromatic carboxylic acids is 1. The zero-order valence-electron chi connectivity index (χ0n) is 10.2. The summed E-state index contributed by atoms with van der Waals surface area (Å²) in [5.74, 6) is 2.76. The van der Waals surface area contributed by atoms with Crippen molar-refractivity contribution in [1.82, 2.24) is 4.98 Å². The van der Waals surface area contributed by atoms with Gasteiger partial charge in [-0.2, -0.15) is 0 Å². The van der Waals surface area contributed by atoms with E-state index >= 15 is 0 Å². The lowest BCUT2D eigenvalue weighted by Gasteiger charge is -2.20. The van der Waals surface area contributed by atoms with Crippen molar-refractivity contribution in [3.63, 3.8) is 0 Å². The van der Waals surface area contributed by atoms with Crippen LogP contribution in [0.2, 0.25) is 0 Å². The van der Waals surface area contributed by atoms with Crippen molar-refractivity contribution in [2.24, 2.45) is 17.8 Å². The molecule has 1 aromatic rings. The highest BCUT2D eigenvalue weighted by molar-refractivity contribution is 7.99. The Bertz CT molecular complexity index is 463. The maximum atomic E-state index is 11.1. The normalized spacial score (nSPS) is 29.7. The number of carboxylic acids is 1. The summed E-state index contributed by atoms with van der Waals surface area (Å²) < 4.78 is 0. The Morgan fingerprint density at radius 3 is 3.00 bits per heavy atom. The minimum atomic E-state index is -0.876. The molecule has 2 saturated carbocycles. The monoisotopic (exact) mass is 263 g/mol. The van der Waals surface area contributed by atoms with E-state index in [9.17, 15) is 4.79 Å². The molecule has 0 spiro atoms. The molecule has 3 rings (SSSR count). The van der Waals surface area contributed by atoms with Crippen molar-refractivity contribution < 1.29 is 9.90 Å². The first-order chi connectivity index (χ1) is 8.74. The summed E-state index contributed by atoms with van der Waals surface area (Å²) in [5, 5.41) is 9.78. The number of aromatic nitrogens is 1. The summed E-state index contributed by atoms with van der Waals surface area (Å²) in [5.41, 5.74) is 0.339. The maximum absolute atomic E-state index is 11.1. The maximum Gasteiger partial charge on any atom is 0.338 e. The van der Waals surface area contributed by atoms with Gasteiger partial charge in [0.2, 0.25) is 0 Å². The molecule has 1 N–H and O–H groups in total. The average molecular weight is 263 g/mol. The van der Waals surface area contributed by atoms with Crippen molar-refractivity contribution in [2.45, 2.75) is 30.7 Å². The van der Waals surface area contributed by atoms with Crippen LogP contribution in [0.5, 0.6) is 0 Å². The van der Waals surface area contributed by atoms with E-state index in [0.717, 1.165) is 23.5 Å². The molecule has 3 atom stereocenters. The zero-order valence-corrected chi connectivity index (χ0v) is 11.0. The number of rotatable bonds is 4. The van der Waals surface area contributed by atoms with Crippen LogP contribution in [0, 0.1) is 17.8 Å². The summed E-state index contributed by atoms with van der Waals surface area (Å²) in [6, 6.07) is 3.32. The zero-order chi connectivity index (χ0) is 12.5. The summed E-state index contributed by atoms with van der Waals surface area (Å²) in [7, 11) is 0. The Morgan fingerprint density at radius 2 is 2.33 bits per heavy atom. The number of carboxylic acid groups (broad SMARTS) is 1. The fourth-order valence-electron chi connectivity index (χ4n) is 3.44. The number of fused-ring (bicyclic) bond motifs is 2. The molecule has 0 saturated heterocycles. The molecule has 2 fully saturated rings. The Morgan fingerprint density at radius 1 is 1.44 bits per heavy atom. The van der Waals surface area contributed by atoms with Crippen LogP contribution >= 0.6 is 11.8 Å². The molecular weight excluding hydrogens is 246 g/mol. The second-order valence-electron chi connectivity index (χ2n) is 5.41. The van der Waals surface area contributed by atoms with Gasteiger partial charge in [0.1, 0.15) is 5.03 Å². The molecule has 1 aromatic heterocycles. The third kappa shape index (κ3) is 2.26. The molecular formula is C14H17NO2S. The number of carbonyl (C=O) groups is 1. The molecule has 0 aliphatic heterocycles. The molecule has 2 aliphatic carbocycles. The highest BCUT2D eigenvalue weighted by atomic mass is 32.2. The fourth-order valence-corrected chi connectivity index (χ4v) is 4.66. The molecule has 3 nitrogen and oxygen atoms in total. The first kappa shape index (κ1) is 12.0. The SMILES string of the molecule is O=C(O)c1cccnc1SCC1CC2CCC1C2. The van der Waals surface area contributed by atoms with Gasteiger partial charge in [-0.1, -0.05) is 6.42 Å². The molecule has 2 aliphatic rings. The van der Waals surface area contributed by atoms with Crippen molar-refractivity contribution in [2.75, 3.05) is 5.75 Å². The highest BCUT2D eigenvalue weighted by Crippen LogP contribution is 2.49. The van der Waals surface area contributed by atoms with Crippen LogP contribution in [0.25, 0.3) is 0 Å². The Labute approximate surface area is 111 Å². The van der Waals surface area contributed by atoms with Gasteiger partial charge in [0.05, 0.1) is 5.56 Å². The quantitative estimate of drug-likeness (QED) is 0.847. The van der Waals surface area contributed by atoms with Gasteiger partial charge < -0.3 is 5.11 Å². The third-order valence-corrected chi connectivity index (χ3v) is 5.51. The molecule has 96 valence electrons. The summed E-state index contributed by atoms with van der Waals surface area (Å²) >= 11 is 1.62. The Kier molecular flexibility index (Phi) is 3.29. The lowest BCUT2D eigenvalue weighted by atomic mass is 9.90. The van der Waals surface area contributed by atoms with Crippen molar-refractivity contribution in [3.8, 4) is 0 Å². The Balaban J connectivity index is 1.65. The van der Waals surface area contributed by atoms with E-state index in [1.807, 2.05) is 0 Å². The third-order valence-electron chi connectivity index (χ3n) is 4.32. The van der Waals surface area contributed by atoms with Crippen LogP contribution in [0.1, 0.15) is 36.0 Å². The lowest BCUT2D eigenvalue weighted by molar-refractivity contribution is 0.0692. The summed E-state index contributed by atoms with van der Waals surface area (Å²) in [6.45, 7) is 0. The standard InChI is InChI=1S/C14H17NO2S/c16-14(17)12-2-1-5-15-13(12)18-8-11-7-9-3-4-10(11)6-9/h1-2,5,9-11H,3-4,6-8H2,(H,16,17). The number of hydrogen-bond acceptors (Lipinski definition) is 3. The molecule has 0 aromatic carbocycles. The Hall–Kier alpha value is -1.03. The fraction of sp³-hybridized carbons (Fsp3) is 0.571. The van der Waals surface area contributed by atoms with Gasteiger partial charge >= 0.3 is 5.97 Å². The average Bonchev–Trinajstić information content (AvgIpc) is 2.98. The van der Waals surface area contributed by atoms with Gasteiger partial charge in [-0.25, -0.2) is 9.78 Å². The van der Waals surface area contributed by atoms with Crippen LogP contribution in [-0.2, 0) is 0 Å². The predicted molar refractivity (Wildman–Crippen MR) is 70.9 cm³/mol. The van der Waals surface area contributed by atoms with E-state index in [2.05, 4.69) is 4.98 Å². The van der Waals surface area contributed by atoms with Crippen LogP contribution in [0.4, 0.5) is 0 Å². The van der Waals surface area contributed by atoms with Gasteiger partial charge in [-0.15, -0.1) is 11.8 Å². The number of thioether (sulfide) groups is 1. The van der Waals surface area contributed by atoms with E-state index in [0.29, 0.717) is 10.6 Å². The van der Waals surface area contributed by atoms with Gasteiger partial charge in [-0.3, -0.25) is 0 Å². The highest BCUT2D eigenvalue weighted by Gasteiger charge is 2.39. The van der Waals surface area contributed by atoms with E-state index in [-0.39, 0.29) is 0 Å². The smallest absolute Gasteiger partial charge is 0.338 e.